The van der Waals surface area contributed by atoms with Crippen molar-refractivity contribution in [3.05, 3.63) is 114 Å². The van der Waals surface area contributed by atoms with Gasteiger partial charge in [0, 0.05) is 52.4 Å². The summed E-state index contributed by atoms with van der Waals surface area (Å²) in [6.45, 7) is 3.11. The summed E-state index contributed by atoms with van der Waals surface area (Å²) in [5.74, 6) is 0.115. The van der Waals surface area contributed by atoms with Crippen molar-refractivity contribution in [3.63, 3.8) is 0 Å². The average Bonchev–Trinajstić information content (AvgIpc) is 3.26. The quantitative estimate of drug-likeness (QED) is 0.363. The summed E-state index contributed by atoms with van der Waals surface area (Å²) in [7, 11) is 0. The summed E-state index contributed by atoms with van der Waals surface area (Å²) >= 11 is 0. The molecular weight excluding hydrogens is 378 g/mol. The van der Waals surface area contributed by atoms with Gasteiger partial charge in [-0.05, 0) is 42.3 Å². The maximum absolute atomic E-state index is 5.08. The van der Waals surface area contributed by atoms with E-state index in [9.17, 15) is 0 Å². The Labute approximate surface area is 181 Å². The molecule has 0 spiro atoms. The monoisotopic (exact) mass is 401 g/mol. The number of benzene rings is 3. The number of anilines is 1. The molecule has 6 rings (SSSR count). The third-order valence-corrected chi connectivity index (χ3v) is 6.33. The molecule has 3 heterocycles. The minimum absolute atomic E-state index is 0.115. The van der Waals surface area contributed by atoms with Crippen LogP contribution < -0.4 is 4.90 Å². The number of hydrogen-bond donors (Lipinski definition) is 1. The fraction of sp³-hybridized carbons (Fsp3) is 0.107. The molecule has 0 saturated carbocycles. The summed E-state index contributed by atoms with van der Waals surface area (Å²) in [6, 6.07) is 30.0. The molecule has 0 aliphatic carbocycles. The Morgan fingerprint density at radius 1 is 0.839 bits per heavy atom. The van der Waals surface area contributed by atoms with Gasteiger partial charge in [0.25, 0.3) is 0 Å². The number of hydrogen-bond acceptors (Lipinski definition) is 2. The maximum atomic E-state index is 5.08. The van der Waals surface area contributed by atoms with Crippen molar-refractivity contribution < 1.29 is 0 Å². The predicted octanol–water partition coefficient (Wildman–Crippen LogP) is 6.73. The van der Waals surface area contributed by atoms with Gasteiger partial charge in [-0.1, -0.05) is 60.7 Å². The van der Waals surface area contributed by atoms with Gasteiger partial charge in [-0.3, -0.25) is 0 Å². The second-order valence-electron chi connectivity index (χ2n) is 8.04. The van der Waals surface area contributed by atoms with Gasteiger partial charge in [-0.25, -0.2) is 4.98 Å². The van der Waals surface area contributed by atoms with Crippen LogP contribution in [0.5, 0.6) is 0 Å². The van der Waals surface area contributed by atoms with Crippen LogP contribution in [0.3, 0.4) is 0 Å². The smallest absolute Gasteiger partial charge is 0.0709 e. The van der Waals surface area contributed by atoms with E-state index in [1.165, 1.54) is 38.7 Å². The maximum Gasteiger partial charge on any atom is 0.0709 e. The van der Waals surface area contributed by atoms with E-state index < -0.39 is 0 Å². The van der Waals surface area contributed by atoms with Crippen LogP contribution in [0, 0.1) is 0 Å². The Kier molecular flexibility index (Phi) is 4.13. The molecule has 3 heteroatoms. The van der Waals surface area contributed by atoms with Crippen LogP contribution in [0.4, 0.5) is 5.69 Å². The third-order valence-electron chi connectivity index (χ3n) is 6.33. The topological polar surface area (TPSA) is 31.9 Å². The van der Waals surface area contributed by atoms with Crippen molar-refractivity contribution in [2.24, 2.45) is 0 Å². The fourth-order valence-electron chi connectivity index (χ4n) is 4.84. The van der Waals surface area contributed by atoms with Crippen LogP contribution in [-0.2, 0) is 0 Å². The molecular formula is C28H23N3. The first kappa shape index (κ1) is 18.0. The first-order valence-corrected chi connectivity index (χ1v) is 10.8. The zero-order valence-corrected chi connectivity index (χ0v) is 17.4. The summed E-state index contributed by atoms with van der Waals surface area (Å²) in [6.07, 6.45) is 4.47. The molecule has 0 unspecified atom stereocenters. The Morgan fingerprint density at radius 2 is 1.65 bits per heavy atom. The van der Waals surface area contributed by atoms with E-state index >= 15 is 0 Å². The summed E-state index contributed by atoms with van der Waals surface area (Å²) in [5.41, 5.74) is 8.34. The van der Waals surface area contributed by atoms with Crippen LogP contribution in [-0.4, -0.2) is 16.5 Å². The summed E-state index contributed by atoms with van der Waals surface area (Å²) in [5, 5.41) is 2.43. The van der Waals surface area contributed by atoms with E-state index in [4.69, 9.17) is 4.98 Å². The van der Waals surface area contributed by atoms with Crippen molar-refractivity contribution in [2.75, 3.05) is 11.4 Å². The number of para-hydroxylation sites is 3. The SMILES string of the molecule is CCN1C=C(c2ccc3ccccc3n2)[C@H](c2c[nH]c3ccccc23)c2ccccc21. The van der Waals surface area contributed by atoms with Gasteiger partial charge in [0.05, 0.1) is 11.2 Å². The Bertz CT molecular complexity index is 1440. The highest BCUT2D eigenvalue weighted by atomic mass is 15.1. The fourth-order valence-corrected chi connectivity index (χ4v) is 4.84. The number of aromatic amines is 1. The molecule has 31 heavy (non-hydrogen) atoms. The molecule has 0 bridgehead atoms. The summed E-state index contributed by atoms with van der Waals surface area (Å²) in [4.78, 5) is 10.9. The van der Waals surface area contributed by atoms with Gasteiger partial charge in [0.15, 0.2) is 0 Å². The third kappa shape index (κ3) is 2.85. The number of aromatic nitrogens is 2. The zero-order valence-electron chi connectivity index (χ0n) is 17.4. The van der Waals surface area contributed by atoms with E-state index in [1.807, 2.05) is 0 Å². The molecule has 5 aromatic rings. The molecule has 150 valence electrons. The van der Waals surface area contributed by atoms with Crippen LogP contribution in [0.15, 0.2) is 97.3 Å². The zero-order chi connectivity index (χ0) is 20.8. The van der Waals surface area contributed by atoms with Crippen molar-refractivity contribution in [2.45, 2.75) is 12.8 Å². The lowest BCUT2D eigenvalue weighted by atomic mass is 9.80. The number of fused-ring (bicyclic) bond motifs is 3. The van der Waals surface area contributed by atoms with Gasteiger partial charge in [-0.15, -0.1) is 0 Å². The number of allylic oxidation sites excluding steroid dienone is 1. The number of rotatable bonds is 3. The van der Waals surface area contributed by atoms with Crippen LogP contribution >= 0.6 is 0 Å². The number of nitrogens with one attached hydrogen (secondary N) is 1. The first-order valence-electron chi connectivity index (χ1n) is 10.8. The lowest BCUT2D eigenvalue weighted by molar-refractivity contribution is 0.930. The highest BCUT2D eigenvalue weighted by Crippen LogP contribution is 2.47. The average molecular weight is 402 g/mol. The standard InChI is InChI=1S/C28H23N3/c1-2-31-18-23(26-16-15-19-9-3-6-12-24(19)30-26)28(21-11-5-8-14-27(21)31)22-17-29-25-13-7-4-10-20(22)25/h3-18,28-29H,2H2,1H3/t28-/m0/s1. The molecule has 3 aromatic carbocycles. The molecule has 0 radical (unpaired) electrons. The lowest BCUT2D eigenvalue weighted by Crippen LogP contribution is -2.24. The van der Waals surface area contributed by atoms with E-state index in [1.54, 1.807) is 0 Å². The number of pyridine rings is 1. The second-order valence-corrected chi connectivity index (χ2v) is 8.04. The van der Waals surface area contributed by atoms with E-state index in [0.717, 1.165) is 17.8 Å². The van der Waals surface area contributed by atoms with E-state index in [0.29, 0.717) is 0 Å². The molecule has 1 N–H and O–H groups in total. The molecule has 1 atom stereocenters. The molecule has 1 aliphatic rings. The molecule has 0 fully saturated rings. The van der Waals surface area contributed by atoms with E-state index in [-0.39, 0.29) is 5.92 Å². The van der Waals surface area contributed by atoms with Gasteiger partial charge in [-0.2, -0.15) is 0 Å². The normalized spacial score (nSPS) is 15.8. The van der Waals surface area contributed by atoms with Gasteiger partial charge < -0.3 is 9.88 Å². The van der Waals surface area contributed by atoms with Crippen molar-refractivity contribution in [1.29, 1.82) is 0 Å². The first-order chi connectivity index (χ1) is 15.3. The largest absolute Gasteiger partial charge is 0.361 e. The number of H-pyrrole nitrogens is 1. The number of nitrogens with zero attached hydrogens (tertiary/aromatic N) is 2. The summed E-state index contributed by atoms with van der Waals surface area (Å²) < 4.78 is 0. The van der Waals surface area contributed by atoms with Gasteiger partial charge in [0.1, 0.15) is 0 Å². The molecule has 0 saturated heterocycles. The predicted molar refractivity (Wildman–Crippen MR) is 129 cm³/mol. The van der Waals surface area contributed by atoms with Gasteiger partial charge in [0.2, 0.25) is 0 Å². The van der Waals surface area contributed by atoms with Crippen LogP contribution in [0.25, 0.3) is 27.4 Å². The van der Waals surface area contributed by atoms with Crippen LogP contribution in [0.1, 0.15) is 29.7 Å². The Morgan fingerprint density at radius 3 is 2.58 bits per heavy atom. The van der Waals surface area contributed by atoms with E-state index in [2.05, 4.69) is 114 Å². The molecule has 3 nitrogen and oxygen atoms in total. The molecule has 0 amide bonds. The molecule has 2 aromatic heterocycles. The van der Waals surface area contributed by atoms with Gasteiger partial charge >= 0.3 is 0 Å². The second kappa shape index (κ2) is 7.13. The minimum Gasteiger partial charge on any atom is -0.361 e. The Balaban J connectivity index is 1.62. The van der Waals surface area contributed by atoms with Crippen molar-refractivity contribution in [3.8, 4) is 0 Å². The highest BCUT2D eigenvalue weighted by molar-refractivity contribution is 5.92. The molecule has 1 aliphatic heterocycles. The van der Waals surface area contributed by atoms with Crippen LogP contribution in [0.2, 0.25) is 0 Å². The Hall–Kier alpha value is -3.85. The van der Waals surface area contributed by atoms with Crippen molar-refractivity contribution >= 4 is 33.1 Å². The lowest BCUT2D eigenvalue weighted by Gasteiger charge is -2.34. The van der Waals surface area contributed by atoms with Crippen molar-refractivity contribution in [1.82, 2.24) is 9.97 Å². The minimum atomic E-state index is 0.115. The highest BCUT2D eigenvalue weighted by Gasteiger charge is 2.31.